The highest BCUT2D eigenvalue weighted by Gasteiger charge is 2.50. The van der Waals surface area contributed by atoms with Gasteiger partial charge in [0.2, 0.25) is 0 Å². The topological polar surface area (TPSA) is 12.0 Å². The van der Waals surface area contributed by atoms with Crippen LogP contribution in [0.4, 0.5) is 0 Å². The van der Waals surface area contributed by atoms with Gasteiger partial charge in [-0.05, 0) is 43.1 Å². The summed E-state index contributed by atoms with van der Waals surface area (Å²) in [6, 6.07) is 11.5. The van der Waals surface area contributed by atoms with Crippen molar-refractivity contribution in [1.82, 2.24) is 5.32 Å². The average molecular weight is 229 g/mol. The summed E-state index contributed by atoms with van der Waals surface area (Å²) in [6.07, 6.45) is 4.00. The lowest BCUT2D eigenvalue weighted by atomic mass is 9.66. The molecule has 3 rings (SSSR count). The van der Waals surface area contributed by atoms with Gasteiger partial charge in [-0.25, -0.2) is 0 Å². The fraction of sp³-hybridized carbons (Fsp3) is 0.625. The van der Waals surface area contributed by atoms with Crippen molar-refractivity contribution in [2.45, 2.75) is 51.6 Å². The first-order valence-electron chi connectivity index (χ1n) is 6.80. The maximum absolute atomic E-state index is 3.90. The predicted octanol–water partition coefficient (Wildman–Crippen LogP) is 3.92. The highest BCUT2D eigenvalue weighted by atomic mass is 15.1. The highest BCUT2D eigenvalue weighted by Crippen LogP contribution is 2.53. The molecule has 0 radical (unpaired) electrons. The summed E-state index contributed by atoms with van der Waals surface area (Å²) in [5, 5.41) is 3.90. The van der Waals surface area contributed by atoms with Crippen LogP contribution in [0.3, 0.4) is 0 Å². The van der Waals surface area contributed by atoms with E-state index in [1.807, 2.05) is 0 Å². The lowest BCUT2D eigenvalue weighted by Gasteiger charge is -2.39. The maximum Gasteiger partial charge on any atom is 0.0354 e. The summed E-state index contributed by atoms with van der Waals surface area (Å²) in [5.74, 6) is 0.811. The molecule has 1 heteroatoms. The standard InChI is InChI=1S/C16H23N/c1-15(2)9-13-10-16(3,11-15)17-14(13)12-7-5-4-6-8-12/h4-8,13-14,17H,9-11H2,1-3H3. The van der Waals surface area contributed by atoms with Crippen LogP contribution in [0.2, 0.25) is 0 Å². The minimum Gasteiger partial charge on any atom is -0.304 e. The van der Waals surface area contributed by atoms with Crippen molar-refractivity contribution >= 4 is 0 Å². The molecule has 1 aliphatic heterocycles. The van der Waals surface area contributed by atoms with Crippen LogP contribution >= 0.6 is 0 Å². The molecule has 3 unspecified atom stereocenters. The summed E-state index contributed by atoms with van der Waals surface area (Å²) in [4.78, 5) is 0. The Morgan fingerprint density at radius 3 is 2.47 bits per heavy atom. The molecule has 92 valence electrons. The van der Waals surface area contributed by atoms with E-state index < -0.39 is 0 Å². The second-order valence-corrected chi connectivity index (χ2v) is 7.10. The van der Waals surface area contributed by atoms with Gasteiger partial charge in [0.1, 0.15) is 0 Å². The predicted molar refractivity (Wildman–Crippen MR) is 71.8 cm³/mol. The molecule has 1 N–H and O–H groups in total. The van der Waals surface area contributed by atoms with E-state index in [0.717, 1.165) is 5.92 Å². The Hall–Kier alpha value is -0.820. The van der Waals surface area contributed by atoms with Crippen LogP contribution in [-0.2, 0) is 0 Å². The first kappa shape index (κ1) is 11.3. The van der Waals surface area contributed by atoms with Crippen molar-refractivity contribution < 1.29 is 0 Å². The van der Waals surface area contributed by atoms with E-state index in [9.17, 15) is 0 Å². The van der Waals surface area contributed by atoms with Gasteiger partial charge in [0.15, 0.2) is 0 Å². The Bertz CT molecular complexity index is 409. The molecule has 2 bridgehead atoms. The zero-order valence-corrected chi connectivity index (χ0v) is 11.2. The molecule has 1 aromatic carbocycles. The monoisotopic (exact) mass is 229 g/mol. The highest BCUT2D eigenvalue weighted by molar-refractivity contribution is 5.24. The molecule has 0 spiro atoms. The maximum atomic E-state index is 3.90. The Morgan fingerprint density at radius 2 is 1.76 bits per heavy atom. The van der Waals surface area contributed by atoms with Crippen LogP contribution in [0.15, 0.2) is 30.3 Å². The molecule has 1 aliphatic carbocycles. The molecule has 1 aromatic rings. The van der Waals surface area contributed by atoms with Crippen molar-refractivity contribution in [2.24, 2.45) is 11.3 Å². The molecule has 1 saturated heterocycles. The van der Waals surface area contributed by atoms with Gasteiger partial charge >= 0.3 is 0 Å². The third-order valence-electron chi connectivity index (χ3n) is 4.53. The molecule has 2 fully saturated rings. The number of hydrogen-bond donors (Lipinski definition) is 1. The Morgan fingerprint density at radius 1 is 1.06 bits per heavy atom. The molecule has 1 saturated carbocycles. The Kier molecular flexibility index (Phi) is 2.38. The van der Waals surface area contributed by atoms with Crippen LogP contribution in [-0.4, -0.2) is 5.54 Å². The van der Waals surface area contributed by atoms with Crippen LogP contribution in [0.25, 0.3) is 0 Å². The second-order valence-electron chi connectivity index (χ2n) is 7.10. The van der Waals surface area contributed by atoms with Gasteiger partial charge in [-0.15, -0.1) is 0 Å². The van der Waals surface area contributed by atoms with Crippen LogP contribution in [0, 0.1) is 11.3 Å². The number of hydrogen-bond acceptors (Lipinski definition) is 1. The van der Waals surface area contributed by atoms with Gasteiger partial charge < -0.3 is 5.32 Å². The van der Waals surface area contributed by atoms with E-state index >= 15 is 0 Å². The summed E-state index contributed by atoms with van der Waals surface area (Å²) in [6.45, 7) is 7.25. The number of benzene rings is 1. The minimum absolute atomic E-state index is 0.354. The van der Waals surface area contributed by atoms with Crippen molar-refractivity contribution in [2.75, 3.05) is 0 Å². The van der Waals surface area contributed by atoms with E-state index in [-0.39, 0.29) is 0 Å². The molecular weight excluding hydrogens is 206 g/mol. The zero-order valence-electron chi connectivity index (χ0n) is 11.2. The Labute approximate surface area is 105 Å². The van der Waals surface area contributed by atoms with Crippen LogP contribution in [0.5, 0.6) is 0 Å². The van der Waals surface area contributed by atoms with Crippen molar-refractivity contribution in [3.8, 4) is 0 Å². The van der Waals surface area contributed by atoms with Crippen molar-refractivity contribution in [3.05, 3.63) is 35.9 Å². The van der Waals surface area contributed by atoms with E-state index in [0.29, 0.717) is 17.0 Å². The molecule has 0 aromatic heterocycles. The first-order chi connectivity index (χ1) is 7.98. The fourth-order valence-electron chi connectivity index (χ4n) is 4.42. The van der Waals surface area contributed by atoms with Gasteiger partial charge in [0.05, 0.1) is 0 Å². The lowest BCUT2D eigenvalue weighted by Crippen LogP contribution is -2.41. The molecule has 1 nitrogen and oxygen atoms in total. The van der Waals surface area contributed by atoms with Crippen LogP contribution in [0.1, 0.15) is 51.6 Å². The third-order valence-corrected chi connectivity index (χ3v) is 4.53. The normalized spacial score (nSPS) is 39.2. The molecular formula is C16H23N. The molecule has 17 heavy (non-hydrogen) atoms. The fourth-order valence-corrected chi connectivity index (χ4v) is 4.42. The van der Waals surface area contributed by atoms with Crippen molar-refractivity contribution in [1.29, 1.82) is 0 Å². The van der Waals surface area contributed by atoms with Gasteiger partial charge in [-0.3, -0.25) is 0 Å². The average Bonchev–Trinajstić information content (AvgIpc) is 2.49. The smallest absolute Gasteiger partial charge is 0.0354 e. The second kappa shape index (κ2) is 3.58. The van der Waals surface area contributed by atoms with Gasteiger partial charge in [0, 0.05) is 11.6 Å². The van der Waals surface area contributed by atoms with Gasteiger partial charge in [-0.1, -0.05) is 44.2 Å². The lowest BCUT2D eigenvalue weighted by molar-refractivity contribution is 0.150. The number of fused-ring (bicyclic) bond motifs is 2. The van der Waals surface area contributed by atoms with E-state index in [1.165, 1.54) is 24.8 Å². The largest absolute Gasteiger partial charge is 0.304 e. The third kappa shape index (κ3) is 2.01. The SMILES string of the molecule is CC1(C)CC2CC(C)(C1)NC2c1ccccc1. The summed E-state index contributed by atoms with van der Waals surface area (Å²) in [7, 11) is 0. The molecule has 3 atom stereocenters. The van der Waals surface area contributed by atoms with E-state index in [4.69, 9.17) is 0 Å². The Balaban J connectivity index is 1.91. The zero-order chi connectivity index (χ0) is 12.1. The number of nitrogens with one attached hydrogen (secondary N) is 1. The summed E-state index contributed by atoms with van der Waals surface area (Å²) in [5.41, 5.74) is 2.32. The van der Waals surface area contributed by atoms with Gasteiger partial charge in [-0.2, -0.15) is 0 Å². The van der Waals surface area contributed by atoms with Gasteiger partial charge in [0.25, 0.3) is 0 Å². The number of rotatable bonds is 1. The van der Waals surface area contributed by atoms with Crippen molar-refractivity contribution in [3.63, 3.8) is 0 Å². The quantitative estimate of drug-likeness (QED) is 0.769. The molecule has 0 amide bonds. The molecule has 2 aliphatic rings. The minimum atomic E-state index is 0.354. The van der Waals surface area contributed by atoms with E-state index in [2.05, 4.69) is 56.4 Å². The summed E-state index contributed by atoms with van der Waals surface area (Å²) < 4.78 is 0. The van der Waals surface area contributed by atoms with E-state index in [1.54, 1.807) is 0 Å². The van der Waals surface area contributed by atoms with Crippen LogP contribution < -0.4 is 5.32 Å². The summed E-state index contributed by atoms with van der Waals surface area (Å²) >= 11 is 0. The first-order valence-corrected chi connectivity index (χ1v) is 6.80. The molecule has 1 heterocycles.